The van der Waals surface area contributed by atoms with Crippen LogP contribution in [0.25, 0.3) is 0 Å². The molecule has 0 aromatic heterocycles. The monoisotopic (exact) mass is 316 g/mol. The Kier molecular flexibility index (Phi) is 5.02. The number of amidine groups is 1. The largest absolute Gasteiger partial charge is 0.388 e. The minimum atomic E-state index is 0. The molecule has 0 saturated heterocycles. The molecule has 2 nitrogen and oxygen atoms in total. The number of benzene rings is 1. The summed E-state index contributed by atoms with van der Waals surface area (Å²) >= 11 is 3.46. The van der Waals surface area contributed by atoms with Gasteiger partial charge in [-0.25, -0.2) is 0 Å². The van der Waals surface area contributed by atoms with Gasteiger partial charge in [-0.3, -0.25) is 5.41 Å². The van der Waals surface area contributed by atoms with Crippen molar-refractivity contribution in [2.45, 2.75) is 37.5 Å². The second-order valence-electron chi connectivity index (χ2n) is 4.70. The molecule has 0 aliphatic heterocycles. The SMILES string of the molecule is Cl.N=C(N)CC1(c2ccc(Br)cc2)CCCC1. The van der Waals surface area contributed by atoms with Crippen LogP contribution in [-0.2, 0) is 5.41 Å². The third-order valence-corrected chi connectivity index (χ3v) is 4.07. The number of hydrogen-bond acceptors (Lipinski definition) is 1. The standard InChI is InChI=1S/C13H17BrN2.ClH/c14-11-5-3-10(4-6-11)13(9-12(15)16)7-1-2-8-13;/h3-6H,1-2,7-9H2,(H3,15,16);1H. The number of halogens is 2. The molecule has 0 atom stereocenters. The predicted octanol–water partition coefficient (Wildman–Crippen LogP) is 4.01. The lowest BCUT2D eigenvalue weighted by molar-refractivity contribution is 0.457. The van der Waals surface area contributed by atoms with Crippen LogP contribution in [0, 0.1) is 5.41 Å². The second kappa shape index (κ2) is 5.87. The minimum Gasteiger partial charge on any atom is -0.388 e. The van der Waals surface area contributed by atoms with Crippen molar-refractivity contribution in [3.05, 3.63) is 34.3 Å². The fourth-order valence-electron chi connectivity index (χ4n) is 2.79. The van der Waals surface area contributed by atoms with Gasteiger partial charge in [0.15, 0.2) is 0 Å². The van der Waals surface area contributed by atoms with Crippen LogP contribution < -0.4 is 5.73 Å². The number of nitrogens with one attached hydrogen (secondary N) is 1. The van der Waals surface area contributed by atoms with Crippen molar-refractivity contribution in [2.75, 3.05) is 0 Å². The Morgan fingerprint density at radius 2 is 1.76 bits per heavy atom. The third-order valence-electron chi connectivity index (χ3n) is 3.55. The maximum atomic E-state index is 7.54. The Labute approximate surface area is 117 Å². The van der Waals surface area contributed by atoms with Crippen molar-refractivity contribution in [1.29, 1.82) is 5.41 Å². The van der Waals surface area contributed by atoms with E-state index in [1.54, 1.807) is 0 Å². The van der Waals surface area contributed by atoms with Crippen LogP contribution >= 0.6 is 28.3 Å². The van der Waals surface area contributed by atoms with Gasteiger partial charge in [0, 0.05) is 16.3 Å². The van der Waals surface area contributed by atoms with Crippen LogP contribution in [0.3, 0.4) is 0 Å². The summed E-state index contributed by atoms with van der Waals surface area (Å²) in [6, 6.07) is 8.49. The van der Waals surface area contributed by atoms with Gasteiger partial charge in [0.05, 0.1) is 5.84 Å². The molecule has 0 spiro atoms. The van der Waals surface area contributed by atoms with Gasteiger partial charge in [0.2, 0.25) is 0 Å². The van der Waals surface area contributed by atoms with E-state index in [2.05, 4.69) is 40.2 Å². The van der Waals surface area contributed by atoms with Crippen LogP contribution in [0.1, 0.15) is 37.7 Å². The molecule has 94 valence electrons. The summed E-state index contributed by atoms with van der Waals surface area (Å²) in [6.07, 6.45) is 5.53. The topological polar surface area (TPSA) is 49.9 Å². The predicted molar refractivity (Wildman–Crippen MR) is 78.1 cm³/mol. The molecule has 1 aromatic carbocycles. The van der Waals surface area contributed by atoms with E-state index in [0.29, 0.717) is 12.3 Å². The average Bonchev–Trinajstić information content (AvgIpc) is 2.67. The summed E-state index contributed by atoms with van der Waals surface area (Å²) in [6.45, 7) is 0. The van der Waals surface area contributed by atoms with Crippen molar-refractivity contribution in [1.82, 2.24) is 0 Å². The molecule has 1 fully saturated rings. The average molecular weight is 318 g/mol. The molecule has 1 aliphatic carbocycles. The summed E-state index contributed by atoms with van der Waals surface area (Å²) in [5, 5.41) is 7.54. The van der Waals surface area contributed by atoms with E-state index >= 15 is 0 Å². The maximum absolute atomic E-state index is 7.54. The fourth-order valence-corrected chi connectivity index (χ4v) is 3.05. The van der Waals surface area contributed by atoms with Gasteiger partial charge >= 0.3 is 0 Å². The zero-order valence-corrected chi connectivity index (χ0v) is 12.1. The fraction of sp³-hybridized carbons (Fsp3) is 0.462. The van der Waals surface area contributed by atoms with Crippen molar-refractivity contribution in [2.24, 2.45) is 5.73 Å². The summed E-state index contributed by atoms with van der Waals surface area (Å²) < 4.78 is 1.10. The highest BCUT2D eigenvalue weighted by atomic mass is 79.9. The van der Waals surface area contributed by atoms with Crippen LogP contribution in [0.4, 0.5) is 0 Å². The number of nitrogens with two attached hydrogens (primary N) is 1. The van der Waals surface area contributed by atoms with Gasteiger partial charge in [-0.2, -0.15) is 0 Å². The molecule has 0 heterocycles. The normalized spacial score (nSPS) is 17.5. The molecule has 0 bridgehead atoms. The quantitative estimate of drug-likeness (QED) is 0.642. The molecule has 17 heavy (non-hydrogen) atoms. The molecule has 4 heteroatoms. The highest BCUT2D eigenvalue weighted by molar-refractivity contribution is 9.10. The van der Waals surface area contributed by atoms with E-state index < -0.39 is 0 Å². The van der Waals surface area contributed by atoms with Crippen molar-refractivity contribution < 1.29 is 0 Å². The summed E-state index contributed by atoms with van der Waals surface area (Å²) in [4.78, 5) is 0. The van der Waals surface area contributed by atoms with Crippen LogP contribution in [0.2, 0.25) is 0 Å². The Balaban J connectivity index is 0.00000144. The van der Waals surface area contributed by atoms with Crippen LogP contribution in [0.5, 0.6) is 0 Å². The van der Waals surface area contributed by atoms with Crippen molar-refractivity contribution >= 4 is 34.2 Å². The van der Waals surface area contributed by atoms with Gasteiger partial charge in [-0.15, -0.1) is 12.4 Å². The Hall–Kier alpha value is -0.540. The van der Waals surface area contributed by atoms with Crippen molar-refractivity contribution in [3.63, 3.8) is 0 Å². The molecule has 0 radical (unpaired) electrons. The van der Waals surface area contributed by atoms with E-state index in [9.17, 15) is 0 Å². The molecule has 1 aliphatic rings. The minimum absolute atomic E-state index is 0. The smallest absolute Gasteiger partial charge is 0.0914 e. The molecule has 2 rings (SSSR count). The van der Waals surface area contributed by atoms with Gasteiger partial charge < -0.3 is 5.73 Å². The molecule has 0 amide bonds. The van der Waals surface area contributed by atoms with Gasteiger partial charge in [0.25, 0.3) is 0 Å². The molecular formula is C13H18BrClN2. The first-order chi connectivity index (χ1) is 7.62. The maximum Gasteiger partial charge on any atom is 0.0914 e. The molecule has 1 aromatic rings. The van der Waals surface area contributed by atoms with Gasteiger partial charge in [-0.1, -0.05) is 40.9 Å². The van der Waals surface area contributed by atoms with Gasteiger partial charge in [-0.05, 0) is 30.5 Å². The zero-order valence-electron chi connectivity index (χ0n) is 9.71. The lowest BCUT2D eigenvalue weighted by Crippen LogP contribution is -2.29. The molecule has 1 saturated carbocycles. The summed E-state index contributed by atoms with van der Waals surface area (Å²) in [5.74, 6) is 0.310. The zero-order chi connectivity index (χ0) is 11.6. The lowest BCUT2D eigenvalue weighted by atomic mass is 9.76. The lowest BCUT2D eigenvalue weighted by Gasteiger charge is -2.29. The number of hydrogen-bond donors (Lipinski definition) is 2. The molecular weight excluding hydrogens is 300 g/mol. The summed E-state index contributed by atoms with van der Waals surface area (Å²) in [7, 11) is 0. The Bertz CT molecular complexity index is 383. The first-order valence-corrected chi connectivity index (χ1v) is 6.51. The third kappa shape index (κ3) is 3.23. The number of rotatable bonds is 3. The van der Waals surface area contributed by atoms with E-state index in [-0.39, 0.29) is 17.8 Å². The first-order valence-electron chi connectivity index (χ1n) is 5.71. The van der Waals surface area contributed by atoms with E-state index in [0.717, 1.165) is 17.3 Å². The second-order valence-corrected chi connectivity index (χ2v) is 5.61. The molecule has 0 unspecified atom stereocenters. The van der Waals surface area contributed by atoms with E-state index in [1.807, 2.05) is 0 Å². The Morgan fingerprint density at radius 1 is 1.24 bits per heavy atom. The molecule has 3 N–H and O–H groups in total. The van der Waals surface area contributed by atoms with Crippen molar-refractivity contribution in [3.8, 4) is 0 Å². The summed E-state index contributed by atoms with van der Waals surface area (Å²) in [5.41, 5.74) is 7.07. The van der Waals surface area contributed by atoms with Crippen LogP contribution in [-0.4, -0.2) is 5.84 Å². The van der Waals surface area contributed by atoms with Crippen LogP contribution in [0.15, 0.2) is 28.7 Å². The van der Waals surface area contributed by atoms with E-state index in [4.69, 9.17) is 11.1 Å². The highest BCUT2D eigenvalue weighted by Crippen LogP contribution is 2.43. The van der Waals surface area contributed by atoms with E-state index in [1.165, 1.54) is 18.4 Å². The first kappa shape index (κ1) is 14.5. The highest BCUT2D eigenvalue weighted by Gasteiger charge is 2.35. The Morgan fingerprint density at radius 3 is 2.24 bits per heavy atom. The van der Waals surface area contributed by atoms with Gasteiger partial charge in [0.1, 0.15) is 0 Å².